The largest absolute Gasteiger partial charge is 0.352 e. The average molecular weight is 372 g/mol. The smallest absolute Gasteiger partial charge is 0.251 e. The molecule has 0 aromatic heterocycles. The summed E-state index contributed by atoms with van der Waals surface area (Å²) in [5.74, 6) is -0.0867. The number of carbonyl (C=O) groups excluding carboxylic acids is 1. The number of benzene rings is 2. The van der Waals surface area contributed by atoms with Crippen molar-refractivity contribution in [2.45, 2.75) is 31.1 Å². The molecule has 1 N–H and O–H groups in total. The lowest BCUT2D eigenvalue weighted by Gasteiger charge is -2.15. The first-order valence-electron chi connectivity index (χ1n) is 8.91. The quantitative estimate of drug-likeness (QED) is 0.848. The van der Waals surface area contributed by atoms with Crippen LogP contribution in [0, 0.1) is 6.92 Å². The Bertz CT molecular complexity index is 870. The van der Waals surface area contributed by atoms with Crippen LogP contribution in [0.5, 0.6) is 0 Å². The molecule has 5 nitrogen and oxygen atoms in total. The van der Waals surface area contributed by atoms with Gasteiger partial charge in [0.05, 0.1) is 4.90 Å². The molecule has 0 unspecified atom stereocenters. The van der Waals surface area contributed by atoms with Gasteiger partial charge in [-0.05, 0) is 55.5 Å². The Balaban J connectivity index is 1.56. The third kappa shape index (κ3) is 4.14. The molecule has 6 heteroatoms. The molecule has 0 atom stereocenters. The lowest BCUT2D eigenvalue weighted by molar-refractivity contribution is 0.0953. The molecule has 1 amide bonds. The third-order valence-corrected chi connectivity index (χ3v) is 6.63. The molecular weight excluding hydrogens is 348 g/mol. The molecule has 1 aliphatic heterocycles. The Kier molecular flexibility index (Phi) is 5.74. The molecule has 0 radical (unpaired) electrons. The number of amides is 1. The van der Waals surface area contributed by atoms with Gasteiger partial charge in [0.1, 0.15) is 0 Å². The molecule has 0 bridgehead atoms. The summed E-state index contributed by atoms with van der Waals surface area (Å²) in [6.07, 6.45) is 2.51. The van der Waals surface area contributed by atoms with E-state index in [4.69, 9.17) is 0 Å². The fraction of sp³-hybridized carbons (Fsp3) is 0.350. The van der Waals surface area contributed by atoms with Gasteiger partial charge in [-0.2, -0.15) is 4.31 Å². The summed E-state index contributed by atoms with van der Waals surface area (Å²) in [4.78, 5) is 12.5. The second kappa shape index (κ2) is 8.01. The normalized spacial score (nSPS) is 15.1. The zero-order chi connectivity index (χ0) is 18.6. The Morgan fingerprint density at radius 2 is 1.69 bits per heavy atom. The van der Waals surface area contributed by atoms with E-state index in [2.05, 4.69) is 5.32 Å². The number of rotatable bonds is 6. The second-order valence-corrected chi connectivity index (χ2v) is 8.51. The SMILES string of the molecule is Cc1ccccc1C(=O)NCCc1ccc(S(=O)(=O)N2CCCC2)cc1. The van der Waals surface area contributed by atoms with E-state index in [0.29, 0.717) is 36.5 Å². The Labute approximate surface area is 155 Å². The maximum atomic E-state index is 12.5. The lowest BCUT2D eigenvalue weighted by atomic mass is 10.1. The van der Waals surface area contributed by atoms with Gasteiger partial charge in [0, 0.05) is 25.2 Å². The highest BCUT2D eigenvalue weighted by atomic mass is 32.2. The van der Waals surface area contributed by atoms with E-state index in [1.54, 1.807) is 16.4 Å². The van der Waals surface area contributed by atoms with Crippen molar-refractivity contribution in [3.63, 3.8) is 0 Å². The third-order valence-electron chi connectivity index (χ3n) is 4.72. The van der Waals surface area contributed by atoms with Gasteiger partial charge in [-0.1, -0.05) is 30.3 Å². The van der Waals surface area contributed by atoms with Crippen molar-refractivity contribution in [2.75, 3.05) is 19.6 Å². The second-order valence-electron chi connectivity index (χ2n) is 6.58. The van der Waals surface area contributed by atoms with Gasteiger partial charge in [0.25, 0.3) is 5.91 Å². The van der Waals surface area contributed by atoms with Crippen molar-refractivity contribution in [1.82, 2.24) is 9.62 Å². The van der Waals surface area contributed by atoms with Crippen molar-refractivity contribution in [3.05, 3.63) is 65.2 Å². The summed E-state index contributed by atoms with van der Waals surface area (Å²) in [6.45, 7) is 3.63. The molecule has 2 aromatic carbocycles. The van der Waals surface area contributed by atoms with E-state index in [-0.39, 0.29) is 5.91 Å². The van der Waals surface area contributed by atoms with Crippen molar-refractivity contribution in [1.29, 1.82) is 0 Å². The predicted octanol–water partition coefficient (Wildman–Crippen LogP) is 2.75. The van der Waals surface area contributed by atoms with Gasteiger partial charge >= 0.3 is 0 Å². The van der Waals surface area contributed by atoms with E-state index >= 15 is 0 Å². The van der Waals surface area contributed by atoms with Crippen molar-refractivity contribution in [2.24, 2.45) is 0 Å². The highest BCUT2D eigenvalue weighted by molar-refractivity contribution is 7.89. The van der Waals surface area contributed by atoms with Gasteiger partial charge in [0.15, 0.2) is 0 Å². The minimum absolute atomic E-state index is 0.0867. The maximum Gasteiger partial charge on any atom is 0.251 e. The Morgan fingerprint density at radius 1 is 1.04 bits per heavy atom. The van der Waals surface area contributed by atoms with E-state index in [9.17, 15) is 13.2 Å². The number of sulfonamides is 1. The highest BCUT2D eigenvalue weighted by Crippen LogP contribution is 2.21. The van der Waals surface area contributed by atoms with Crippen LogP contribution in [0.2, 0.25) is 0 Å². The maximum absolute atomic E-state index is 12.5. The van der Waals surface area contributed by atoms with Crippen LogP contribution in [-0.4, -0.2) is 38.3 Å². The van der Waals surface area contributed by atoms with Crippen LogP contribution in [0.1, 0.15) is 34.3 Å². The van der Waals surface area contributed by atoms with Crippen LogP contribution in [0.4, 0.5) is 0 Å². The molecule has 3 rings (SSSR count). The van der Waals surface area contributed by atoms with Crippen LogP contribution >= 0.6 is 0 Å². The van der Waals surface area contributed by atoms with Gasteiger partial charge in [-0.25, -0.2) is 8.42 Å². The summed E-state index contributed by atoms with van der Waals surface area (Å²) in [5, 5.41) is 2.91. The standard InChI is InChI=1S/C20H24N2O3S/c1-16-6-2-3-7-19(16)20(23)21-13-12-17-8-10-18(11-9-17)26(24,25)22-14-4-5-15-22/h2-3,6-11H,4-5,12-15H2,1H3,(H,21,23). The van der Waals surface area contributed by atoms with Gasteiger partial charge in [0.2, 0.25) is 10.0 Å². The van der Waals surface area contributed by atoms with Crippen LogP contribution in [0.15, 0.2) is 53.4 Å². The molecule has 1 heterocycles. The molecule has 26 heavy (non-hydrogen) atoms. The van der Waals surface area contributed by atoms with Gasteiger partial charge in [-0.15, -0.1) is 0 Å². The molecule has 1 aliphatic rings. The summed E-state index contributed by atoms with van der Waals surface area (Å²) in [5.41, 5.74) is 2.62. The fourth-order valence-electron chi connectivity index (χ4n) is 3.15. The summed E-state index contributed by atoms with van der Waals surface area (Å²) in [6, 6.07) is 14.4. The van der Waals surface area contributed by atoms with Crippen LogP contribution in [-0.2, 0) is 16.4 Å². The molecule has 0 saturated carbocycles. The molecule has 0 spiro atoms. The van der Waals surface area contributed by atoms with Gasteiger partial charge < -0.3 is 5.32 Å². The Morgan fingerprint density at radius 3 is 2.35 bits per heavy atom. The molecule has 1 fully saturated rings. The number of hydrogen-bond donors (Lipinski definition) is 1. The van der Waals surface area contributed by atoms with Crippen LogP contribution in [0.25, 0.3) is 0 Å². The zero-order valence-electron chi connectivity index (χ0n) is 14.9. The first-order chi connectivity index (χ1) is 12.5. The predicted molar refractivity (Wildman–Crippen MR) is 102 cm³/mol. The molecule has 0 aliphatic carbocycles. The van der Waals surface area contributed by atoms with Crippen molar-refractivity contribution in [3.8, 4) is 0 Å². The molecule has 138 valence electrons. The van der Waals surface area contributed by atoms with E-state index in [1.165, 1.54) is 0 Å². The van der Waals surface area contributed by atoms with E-state index in [1.807, 2.05) is 43.3 Å². The minimum atomic E-state index is -3.37. The van der Waals surface area contributed by atoms with E-state index < -0.39 is 10.0 Å². The Hall–Kier alpha value is -2.18. The number of nitrogens with zero attached hydrogens (tertiary/aromatic N) is 1. The van der Waals surface area contributed by atoms with Crippen molar-refractivity contribution >= 4 is 15.9 Å². The molecule has 2 aromatic rings. The first-order valence-corrected chi connectivity index (χ1v) is 10.4. The molecule has 1 saturated heterocycles. The monoisotopic (exact) mass is 372 g/mol. The first kappa shape index (κ1) is 18.6. The minimum Gasteiger partial charge on any atom is -0.352 e. The van der Waals surface area contributed by atoms with Crippen molar-refractivity contribution < 1.29 is 13.2 Å². The van der Waals surface area contributed by atoms with E-state index in [0.717, 1.165) is 24.0 Å². The average Bonchev–Trinajstić information content (AvgIpc) is 3.18. The fourth-order valence-corrected chi connectivity index (χ4v) is 4.67. The number of nitrogens with one attached hydrogen (secondary N) is 1. The topological polar surface area (TPSA) is 66.5 Å². The summed E-state index contributed by atoms with van der Waals surface area (Å²) in [7, 11) is -3.37. The lowest BCUT2D eigenvalue weighted by Crippen LogP contribution is -2.28. The summed E-state index contributed by atoms with van der Waals surface area (Å²) >= 11 is 0. The number of hydrogen-bond acceptors (Lipinski definition) is 3. The van der Waals surface area contributed by atoms with Crippen LogP contribution < -0.4 is 5.32 Å². The number of aryl methyl sites for hydroxylation is 1. The van der Waals surface area contributed by atoms with Crippen LogP contribution in [0.3, 0.4) is 0 Å². The molecular formula is C20H24N2O3S. The number of carbonyl (C=O) groups is 1. The zero-order valence-corrected chi connectivity index (χ0v) is 15.8. The highest BCUT2D eigenvalue weighted by Gasteiger charge is 2.26. The van der Waals surface area contributed by atoms with Gasteiger partial charge in [-0.3, -0.25) is 4.79 Å². The summed E-state index contributed by atoms with van der Waals surface area (Å²) < 4.78 is 26.6.